The quantitative estimate of drug-likeness (QED) is 0.648. The second kappa shape index (κ2) is 7.52. The second-order valence-electron chi connectivity index (χ2n) is 5.38. The molecule has 3 N–H and O–H groups in total. The summed E-state index contributed by atoms with van der Waals surface area (Å²) in [6, 6.07) is 0. The molecular formula is C13H21F2NO4. The van der Waals surface area contributed by atoms with E-state index in [0.717, 1.165) is 25.7 Å². The number of carboxylic acid groups (broad SMARTS) is 1. The van der Waals surface area contributed by atoms with Crippen molar-refractivity contribution in [1.29, 1.82) is 0 Å². The van der Waals surface area contributed by atoms with E-state index in [0.29, 0.717) is 12.8 Å². The van der Waals surface area contributed by atoms with Crippen LogP contribution in [0.4, 0.5) is 8.78 Å². The zero-order chi connectivity index (χ0) is 15.2. The fourth-order valence-corrected chi connectivity index (χ4v) is 2.55. The molecule has 5 nitrogen and oxygen atoms in total. The van der Waals surface area contributed by atoms with Gasteiger partial charge in [-0.1, -0.05) is 25.7 Å². The number of carbonyl (C=O) groups is 2. The number of aliphatic carboxylic acids is 1. The van der Waals surface area contributed by atoms with Crippen LogP contribution >= 0.6 is 0 Å². The number of nitrogens with one attached hydrogen (secondary N) is 1. The summed E-state index contributed by atoms with van der Waals surface area (Å²) in [5, 5.41) is 20.5. The molecule has 1 unspecified atom stereocenters. The van der Waals surface area contributed by atoms with Gasteiger partial charge in [-0.3, -0.25) is 9.59 Å². The number of aliphatic hydroxyl groups is 1. The predicted molar refractivity (Wildman–Crippen MR) is 67.4 cm³/mol. The minimum absolute atomic E-state index is 0.224. The zero-order valence-corrected chi connectivity index (χ0v) is 11.3. The largest absolute Gasteiger partial charge is 0.481 e. The highest BCUT2D eigenvalue weighted by molar-refractivity contribution is 5.85. The molecule has 1 atom stereocenters. The number of alkyl halides is 2. The molecule has 116 valence electrons. The van der Waals surface area contributed by atoms with Gasteiger partial charge in [0.15, 0.2) is 0 Å². The molecule has 0 saturated heterocycles. The molecule has 0 heterocycles. The average molecular weight is 293 g/mol. The number of aliphatic hydroxyl groups excluding tert-OH is 1. The van der Waals surface area contributed by atoms with E-state index in [4.69, 9.17) is 5.11 Å². The van der Waals surface area contributed by atoms with E-state index < -0.39 is 36.4 Å². The highest BCUT2D eigenvalue weighted by Crippen LogP contribution is 2.38. The van der Waals surface area contributed by atoms with E-state index in [1.807, 2.05) is 0 Å². The van der Waals surface area contributed by atoms with Gasteiger partial charge in [-0.2, -0.15) is 0 Å². The maximum atomic E-state index is 12.1. The summed E-state index contributed by atoms with van der Waals surface area (Å²) in [6.45, 7) is -0.563. The first-order chi connectivity index (χ1) is 9.37. The lowest BCUT2D eigenvalue weighted by atomic mass is 9.77. The lowest BCUT2D eigenvalue weighted by molar-refractivity contribution is -0.153. The fraction of sp³-hybridized carbons (Fsp3) is 0.846. The van der Waals surface area contributed by atoms with Crippen molar-refractivity contribution in [3.05, 3.63) is 0 Å². The van der Waals surface area contributed by atoms with Gasteiger partial charge in [-0.05, 0) is 12.8 Å². The number of halogens is 2. The Labute approximate surface area is 116 Å². The number of hydrogen-bond donors (Lipinski definition) is 3. The molecule has 1 aliphatic carbocycles. The lowest BCUT2D eigenvalue weighted by Gasteiger charge is -2.27. The number of hydrogen-bond acceptors (Lipinski definition) is 3. The third-order valence-electron chi connectivity index (χ3n) is 3.81. The van der Waals surface area contributed by atoms with E-state index in [-0.39, 0.29) is 6.42 Å². The number of rotatable bonds is 6. The number of carbonyl (C=O) groups excluding carboxylic acids is 1. The normalized spacial score (nSPS) is 20.2. The zero-order valence-electron chi connectivity index (χ0n) is 11.3. The van der Waals surface area contributed by atoms with Gasteiger partial charge >= 0.3 is 5.97 Å². The Bertz CT molecular complexity index is 341. The third-order valence-corrected chi connectivity index (χ3v) is 3.81. The van der Waals surface area contributed by atoms with Crippen molar-refractivity contribution in [2.24, 2.45) is 5.41 Å². The molecule has 1 aliphatic rings. The van der Waals surface area contributed by atoms with Crippen molar-refractivity contribution in [2.45, 2.75) is 57.5 Å². The Morgan fingerprint density at radius 2 is 1.70 bits per heavy atom. The average Bonchev–Trinajstić information content (AvgIpc) is 2.62. The summed E-state index contributed by atoms with van der Waals surface area (Å²) in [6.07, 6.45) is -0.839. The number of amides is 1. The van der Waals surface area contributed by atoms with Gasteiger partial charge < -0.3 is 15.5 Å². The van der Waals surface area contributed by atoms with Crippen LogP contribution in [0.1, 0.15) is 44.9 Å². The van der Waals surface area contributed by atoms with Crippen LogP contribution in [-0.2, 0) is 9.59 Å². The van der Waals surface area contributed by atoms with Gasteiger partial charge in [-0.15, -0.1) is 0 Å². The third kappa shape index (κ3) is 4.70. The monoisotopic (exact) mass is 293 g/mol. The standard InChI is InChI=1S/C13H21F2NO4/c14-11(15)9(17)8-16-10(18)7-13(12(19)20)5-3-1-2-4-6-13/h9,11,17H,1-8H2,(H,16,18)(H,19,20). The van der Waals surface area contributed by atoms with Crippen molar-refractivity contribution in [2.75, 3.05) is 6.54 Å². The lowest BCUT2D eigenvalue weighted by Crippen LogP contribution is -2.41. The first kappa shape index (κ1) is 16.8. The van der Waals surface area contributed by atoms with Crippen LogP contribution < -0.4 is 5.32 Å². The maximum absolute atomic E-state index is 12.1. The van der Waals surface area contributed by atoms with Gasteiger partial charge in [0.2, 0.25) is 5.91 Å². The molecule has 0 aromatic heterocycles. The predicted octanol–water partition coefficient (Wildman–Crippen LogP) is 1.54. The molecule has 0 aromatic carbocycles. The van der Waals surface area contributed by atoms with Crippen LogP contribution in [0.15, 0.2) is 0 Å². The molecule has 7 heteroatoms. The Morgan fingerprint density at radius 3 is 2.15 bits per heavy atom. The van der Waals surface area contributed by atoms with Crippen LogP contribution in [0.2, 0.25) is 0 Å². The second-order valence-corrected chi connectivity index (χ2v) is 5.38. The van der Waals surface area contributed by atoms with Crippen LogP contribution in [0, 0.1) is 5.41 Å². The van der Waals surface area contributed by atoms with Crippen molar-refractivity contribution in [3.8, 4) is 0 Å². The van der Waals surface area contributed by atoms with Crippen molar-refractivity contribution in [1.82, 2.24) is 5.32 Å². The summed E-state index contributed by atoms with van der Waals surface area (Å²) in [7, 11) is 0. The Morgan fingerprint density at radius 1 is 1.15 bits per heavy atom. The van der Waals surface area contributed by atoms with Gasteiger partial charge in [0.1, 0.15) is 6.10 Å². The SMILES string of the molecule is O=C(CC1(C(=O)O)CCCCCC1)NCC(O)C(F)F. The van der Waals surface area contributed by atoms with Gasteiger partial charge in [0.05, 0.1) is 5.41 Å². The van der Waals surface area contributed by atoms with Crippen molar-refractivity contribution in [3.63, 3.8) is 0 Å². The molecule has 0 radical (unpaired) electrons. The highest BCUT2D eigenvalue weighted by Gasteiger charge is 2.40. The van der Waals surface area contributed by atoms with E-state index in [1.165, 1.54) is 0 Å². The van der Waals surface area contributed by atoms with E-state index >= 15 is 0 Å². The summed E-state index contributed by atoms with van der Waals surface area (Å²) in [5.41, 5.74) is -1.10. The molecule has 1 saturated carbocycles. The van der Waals surface area contributed by atoms with Crippen molar-refractivity contribution >= 4 is 11.9 Å². The molecule has 0 aromatic rings. The first-order valence-electron chi connectivity index (χ1n) is 6.84. The molecule has 0 aliphatic heterocycles. The molecule has 0 spiro atoms. The molecule has 0 bridgehead atoms. The Balaban J connectivity index is 2.57. The minimum atomic E-state index is -2.93. The summed E-state index contributed by atoms with van der Waals surface area (Å²) < 4.78 is 24.2. The van der Waals surface area contributed by atoms with Gasteiger partial charge in [0.25, 0.3) is 6.43 Å². The minimum Gasteiger partial charge on any atom is -0.481 e. The Kier molecular flexibility index (Phi) is 6.32. The topological polar surface area (TPSA) is 86.6 Å². The van der Waals surface area contributed by atoms with E-state index in [9.17, 15) is 23.5 Å². The molecule has 1 amide bonds. The van der Waals surface area contributed by atoms with Crippen LogP contribution in [-0.4, -0.2) is 41.2 Å². The van der Waals surface area contributed by atoms with Crippen LogP contribution in [0.25, 0.3) is 0 Å². The van der Waals surface area contributed by atoms with Crippen molar-refractivity contribution < 1.29 is 28.6 Å². The van der Waals surface area contributed by atoms with Crippen LogP contribution in [0.5, 0.6) is 0 Å². The summed E-state index contributed by atoms with van der Waals surface area (Å²) >= 11 is 0. The highest BCUT2D eigenvalue weighted by atomic mass is 19.3. The molecule has 20 heavy (non-hydrogen) atoms. The maximum Gasteiger partial charge on any atom is 0.310 e. The summed E-state index contributed by atoms with van der Waals surface area (Å²) in [4.78, 5) is 23.2. The molecule has 1 rings (SSSR count). The summed E-state index contributed by atoms with van der Waals surface area (Å²) in [5.74, 6) is -1.61. The smallest absolute Gasteiger partial charge is 0.310 e. The van der Waals surface area contributed by atoms with E-state index in [1.54, 1.807) is 0 Å². The Hall–Kier alpha value is -1.24. The van der Waals surface area contributed by atoms with Gasteiger partial charge in [-0.25, -0.2) is 8.78 Å². The van der Waals surface area contributed by atoms with Gasteiger partial charge in [0, 0.05) is 13.0 Å². The first-order valence-corrected chi connectivity index (χ1v) is 6.84. The fourth-order valence-electron chi connectivity index (χ4n) is 2.55. The number of carboxylic acids is 1. The van der Waals surface area contributed by atoms with Crippen LogP contribution in [0.3, 0.4) is 0 Å². The molecule has 1 fully saturated rings. The van der Waals surface area contributed by atoms with E-state index in [2.05, 4.69) is 5.32 Å². The molecular weight excluding hydrogens is 272 g/mol.